The molecule has 0 radical (unpaired) electrons. The second-order valence-electron chi connectivity index (χ2n) is 5.67. The summed E-state index contributed by atoms with van der Waals surface area (Å²) in [6.07, 6.45) is 3.53. The van der Waals surface area contributed by atoms with E-state index >= 15 is 0 Å². The highest BCUT2D eigenvalue weighted by Gasteiger charge is 2.17. The summed E-state index contributed by atoms with van der Waals surface area (Å²) in [5.41, 5.74) is 6.89. The second kappa shape index (κ2) is 7.74. The van der Waals surface area contributed by atoms with Crippen LogP contribution in [-0.2, 0) is 4.74 Å². The first-order chi connectivity index (χ1) is 11.5. The molecule has 1 saturated heterocycles. The van der Waals surface area contributed by atoms with Crippen LogP contribution in [0.1, 0.15) is 12.8 Å². The van der Waals surface area contributed by atoms with Gasteiger partial charge >= 0.3 is 0 Å². The monoisotopic (exact) mass is 386 g/mol. The van der Waals surface area contributed by atoms with Crippen LogP contribution in [0.25, 0.3) is 11.3 Å². The summed E-state index contributed by atoms with van der Waals surface area (Å²) < 4.78 is 5.37. The van der Waals surface area contributed by atoms with Gasteiger partial charge in [-0.25, -0.2) is 9.97 Å². The van der Waals surface area contributed by atoms with Crippen molar-refractivity contribution in [3.05, 3.63) is 33.4 Å². The van der Waals surface area contributed by atoms with Crippen LogP contribution in [0.15, 0.2) is 18.3 Å². The maximum atomic E-state index is 6.30. The minimum atomic E-state index is 0.346. The highest BCUT2D eigenvalue weighted by molar-refractivity contribution is 6.38. The summed E-state index contributed by atoms with van der Waals surface area (Å²) in [6, 6.07) is 3.30. The Morgan fingerprint density at radius 3 is 2.62 bits per heavy atom. The Hall–Kier alpha value is -1.27. The number of hydrogen-bond donors (Lipinski definition) is 2. The van der Waals surface area contributed by atoms with Gasteiger partial charge < -0.3 is 15.8 Å². The van der Waals surface area contributed by atoms with E-state index in [9.17, 15) is 0 Å². The number of halogens is 3. The van der Waals surface area contributed by atoms with Crippen LogP contribution in [0.2, 0.25) is 15.1 Å². The minimum Gasteiger partial charge on any atom is -0.384 e. The molecule has 8 heteroatoms. The normalized spacial score (nSPS) is 15.5. The number of nitrogen functional groups attached to an aromatic ring is 1. The lowest BCUT2D eigenvalue weighted by Gasteiger charge is -2.23. The molecule has 1 aliphatic heterocycles. The first-order valence-electron chi connectivity index (χ1n) is 7.63. The van der Waals surface area contributed by atoms with E-state index in [2.05, 4.69) is 15.3 Å². The quantitative estimate of drug-likeness (QED) is 0.806. The van der Waals surface area contributed by atoms with Gasteiger partial charge in [0.05, 0.1) is 20.8 Å². The maximum Gasteiger partial charge on any atom is 0.145 e. The number of nitrogens with two attached hydrogens (primary N) is 1. The van der Waals surface area contributed by atoms with Crippen molar-refractivity contribution in [3.8, 4) is 11.3 Å². The lowest BCUT2D eigenvalue weighted by molar-refractivity contribution is 0.0699. The number of ether oxygens (including phenoxy) is 1. The van der Waals surface area contributed by atoms with Gasteiger partial charge in [0.25, 0.3) is 0 Å². The van der Waals surface area contributed by atoms with E-state index in [4.69, 9.17) is 45.3 Å². The van der Waals surface area contributed by atoms with Crippen molar-refractivity contribution in [1.29, 1.82) is 0 Å². The Balaban J connectivity index is 1.86. The number of rotatable bonds is 4. The number of anilines is 2. The minimum absolute atomic E-state index is 0.346. The zero-order valence-electron chi connectivity index (χ0n) is 12.9. The van der Waals surface area contributed by atoms with Crippen LogP contribution in [0.4, 0.5) is 11.6 Å². The molecule has 0 aliphatic carbocycles. The van der Waals surface area contributed by atoms with Crippen molar-refractivity contribution < 1.29 is 4.74 Å². The van der Waals surface area contributed by atoms with E-state index in [0.717, 1.165) is 32.6 Å². The van der Waals surface area contributed by atoms with E-state index in [1.54, 1.807) is 12.1 Å². The molecule has 5 nitrogen and oxygen atoms in total. The summed E-state index contributed by atoms with van der Waals surface area (Å²) in [5, 5.41) is 4.61. The van der Waals surface area contributed by atoms with Crippen molar-refractivity contribution in [2.24, 2.45) is 5.92 Å². The zero-order chi connectivity index (χ0) is 17.1. The smallest absolute Gasteiger partial charge is 0.145 e. The van der Waals surface area contributed by atoms with Gasteiger partial charge in [0.2, 0.25) is 0 Å². The summed E-state index contributed by atoms with van der Waals surface area (Å²) in [6.45, 7) is 2.37. The molecular weight excluding hydrogens is 371 g/mol. The van der Waals surface area contributed by atoms with Crippen LogP contribution in [-0.4, -0.2) is 29.7 Å². The lowest BCUT2D eigenvalue weighted by Crippen LogP contribution is -2.23. The molecule has 0 atom stereocenters. The molecule has 3 heterocycles. The third kappa shape index (κ3) is 4.03. The molecule has 1 aliphatic rings. The van der Waals surface area contributed by atoms with E-state index in [0.29, 0.717) is 43.9 Å². The molecule has 0 amide bonds. The molecule has 128 valence electrons. The molecule has 0 bridgehead atoms. The highest BCUT2D eigenvalue weighted by atomic mass is 35.5. The van der Waals surface area contributed by atoms with Crippen molar-refractivity contribution in [1.82, 2.24) is 9.97 Å². The van der Waals surface area contributed by atoms with Gasteiger partial charge in [-0.3, -0.25) is 0 Å². The van der Waals surface area contributed by atoms with Gasteiger partial charge in [-0.05, 0) is 30.9 Å². The highest BCUT2D eigenvalue weighted by Crippen LogP contribution is 2.36. The number of nitrogens with one attached hydrogen (secondary N) is 1. The Bertz CT molecular complexity index is 736. The van der Waals surface area contributed by atoms with E-state index in [1.807, 2.05) is 0 Å². The van der Waals surface area contributed by atoms with Crippen molar-refractivity contribution in [2.45, 2.75) is 12.8 Å². The Kier molecular flexibility index (Phi) is 5.66. The van der Waals surface area contributed by atoms with Gasteiger partial charge in [0.1, 0.15) is 11.6 Å². The SMILES string of the molecule is Nc1cc(-c2nc(NCC3CCOCC3)c(Cl)cc2Cl)c(Cl)cn1. The van der Waals surface area contributed by atoms with E-state index in [1.165, 1.54) is 6.20 Å². The number of pyridine rings is 2. The summed E-state index contributed by atoms with van der Waals surface area (Å²) >= 11 is 18.8. The molecule has 1 fully saturated rings. The summed E-state index contributed by atoms with van der Waals surface area (Å²) in [7, 11) is 0. The fraction of sp³-hybridized carbons (Fsp3) is 0.375. The van der Waals surface area contributed by atoms with Gasteiger partial charge in [-0.15, -0.1) is 0 Å². The molecule has 3 N–H and O–H groups in total. The summed E-state index contributed by atoms with van der Waals surface area (Å²) in [5.74, 6) is 1.46. The maximum absolute atomic E-state index is 6.30. The first-order valence-corrected chi connectivity index (χ1v) is 8.77. The Morgan fingerprint density at radius 1 is 1.12 bits per heavy atom. The van der Waals surface area contributed by atoms with Crippen molar-refractivity contribution >= 4 is 46.4 Å². The van der Waals surface area contributed by atoms with Gasteiger partial charge in [-0.1, -0.05) is 34.8 Å². The predicted molar refractivity (Wildman–Crippen MR) is 98.9 cm³/mol. The Labute approximate surface area is 155 Å². The molecule has 2 aromatic rings. The van der Waals surface area contributed by atoms with E-state index in [-0.39, 0.29) is 0 Å². The molecule has 0 saturated carbocycles. The molecule has 0 aromatic carbocycles. The van der Waals surface area contributed by atoms with Crippen LogP contribution in [0, 0.1) is 5.92 Å². The van der Waals surface area contributed by atoms with Gasteiger partial charge in [0.15, 0.2) is 0 Å². The predicted octanol–water partition coefficient (Wildman–Crippen LogP) is 4.52. The third-order valence-electron chi connectivity index (χ3n) is 3.96. The van der Waals surface area contributed by atoms with Crippen LogP contribution >= 0.6 is 34.8 Å². The van der Waals surface area contributed by atoms with Crippen molar-refractivity contribution in [3.63, 3.8) is 0 Å². The molecule has 2 aromatic heterocycles. The van der Waals surface area contributed by atoms with Crippen molar-refractivity contribution in [2.75, 3.05) is 30.8 Å². The lowest BCUT2D eigenvalue weighted by atomic mass is 10.0. The molecule has 3 rings (SSSR count). The number of hydrogen-bond acceptors (Lipinski definition) is 5. The molecule has 24 heavy (non-hydrogen) atoms. The third-order valence-corrected chi connectivity index (χ3v) is 4.84. The fourth-order valence-electron chi connectivity index (χ4n) is 2.61. The molecule has 0 unspecified atom stereocenters. The number of nitrogens with zero attached hydrogens (tertiary/aromatic N) is 2. The van der Waals surface area contributed by atoms with Crippen LogP contribution in [0.5, 0.6) is 0 Å². The average molecular weight is 388 g/mol. The van der Waals surface area contributed by atoms with Gasteiger partial charge in [0, 0.05) is 31.5 Å². The number of aromatic nitrogens is 2. The fourth-order valence-corrected chi connectivity index (χ4v) is 3.33. The molecular formula is C16H17Cl3N4O. The van der Waals surface area contributed by atoms with Crippen LogP contribution in [0.3, 0.4) is 0 Å². The second-order valence-corrected chi connectivity index (χ2v) is 6.90. The Morgan fingerprint density at radius 2 is 1.88 bits per heavy atom. The molecule has 0 spiro atoms. The average Bonchev–Trinajstić information content (AvgIpc) is 2.57. The summed E-state index contributed by atoms with van der Waals surface area (Å²) in [4.78, 5) is 8.51. The van der Waals surface area contributed by atoms with E-state index < -0.39 is 0 Å². The topological polar surface area (TPSA) is 73.1 Å². The van der Waals surface area contributed by atoms with Gasteiger partial charge in [-0.2, -0.15) is 0 Å². The van der Waals surface area contributed by atoms with Crippen LogP contribution < -0.4 is 11.1 Å². The largest absolute Gasteiger partial charge is 0.384 e. The zero-order valence-corrected chi connectivity index (χ0v) is 15.1. The first kappa shape index (κ1) is 17.5. The standard InChI is InChI=1S/C16H17Cl3N4O/c17-11-6-12(18)16(22-7-9-1-3-24-4-2-9)23-15(11)10-5-14(20)21-8-13(10)19/h5-6,8-9H,1-4,7H2,(H2,20,21)(H,22,23).